The highest BCUT2D eigenvalue weighted by atomic mass is 32.1. The van der Waals surface area contributed by atoms with Gasteiger partial charge < -0.3 is 0 Å². The predicted octanol–water partition coefficient (Wildman–Crippen LogP) is 12.7. The Labute approximate surface area is 299 Å². The van der Waals surface area contributed by atoms with Crippen LogP contribution in [0.1, 0.15) is 24.3 Å². The first-order valence-corrected chi connectivity index (χ1v) is 18.3. The molecule has 3 heterocycles. The van der Waals surface area contributed by atoms with Crippen molar-refractivity contribution in [3.63, 3.8) is 0 Å². The van der Waals surface area contributed by atoms with Gasteiger partial charge in [0.25, 0.3) is 0 Å². The lowest BCUT2D eigenvalue weighted by Crippen LogP contribution is -2.13. The summed E-state index contributed by atoms with van der Waals surface area (Å²) in [7, 11) is 0. The van der Waals surface area contributed by atoms with E-state index in [2.05, 4.69) is 170 Å². The Hall–Kier alpha value is -6.10. The number of hydrogen-bond acceptors (Lipinski definition) is 3. The Kier molecular flexibility index (Phi) is 5.89. The molecule has 0 radical (unpaired) electrons. The third-order valence-electron chi connectivity index (χ3n) is 10.9. The molecule has 0 fully saturated rings. The standard InChI is InChI=1S/C47H31N3S/c1-47(2)38-18-10-8-16-35(38)41-37-25-24-34-33-23-22-32(31-21-20-28-12-6-7-15-30(28)26-31)27-40(33)50(43(34)44(37)51-45(41)47)46-48-39-19-11-9-17-36(39)42(49-46)29-13-4-3-5-14-29/h3-27H,1-2H3. The zero-order chi connectivity index (χ0) is 33.8. The molecule has 1 aliphatic rings. The second-order valence-corrected chi connectivity index (χ2v) is 15.2. The highest BCUT2D eigenvalue weighted by molar-refractivity contribution is 7.21. The molecule has 51 heavy (non-hydrogen) atoms. The first-order valence-electron chi connectivity index (χ1n) is 17.5. The minimum absolute atomic E-state index is 0.0814. The van der Waals surface area contributed by atoms with E-state index < -0.39 is 0 Å². The molecule has 3 nitrogen and oxygen atoms in total. The highest BCUT2D eigenvalue weighted by Gasteiger charge is 2.39. The van der Waals surface area contributed by atoms with Gasteiger partial charge in [-0.25, -0.2) is 9.97 Å². The Morgan fingerprint density at radius 2 is 1.25 bits per heavy atom. The van der Waals surface area contributed by atoms with Crippen molar-refractivity contribution in [2.75, 3.05) is 0 Å². The molecule has 240 valence electrons. The first kappa shape index (κ1) is 28.7. The van der Waals surface area contributed by atoms with Gasteiger partial charge in [0, 0.05) is 43.0 Å². The Morgan fingerprint density at radius 3 is 2.16 bits per heavy atom. The third kappa shape index (κ3) is 4.05. The average molecular weight is 670 g/mol. The first-order chi connectivity index (χ1) is 25.0. The van der Waals surface area contributed by atoms with Crippen molar-refractivity contribution in [2.45, 2.75) is 19.3 Å². The molecule has 0 atom stereocenters. The van der Waals surface area contributed by atoms with Crippen LogP contribution < -0.4 is 0 Å². The van der Waals surface area contributed by atoms with Gasteiger partial charge >= 0.3 is 0 Å². The molecule has 0 aliphatic heterocycles. The summed E-state index contributed by atoms with van der Waals surface area (Å²) >= 11 is 1.93. The minimum Gasteiger partial charge on any atom is -0.276 e. The third-order valence-corrected chi connectivity index (χ3v) is 12.5. The van der Waals surface area contributed by atoms with Crippen molar-refractivity contribution in [1.82, 2.24) is 14.5 Å². The fraction of sp³-hybridized carbons (Fsp3) is 0.0638. The van der Waals surface area contributed by atoms with E-state index in [-0.39, 0.29) is 5.41 Å². The molecule has 0 saturated carbocycles. The van der Waals surface area contributed by atoms with Crippen molar-refractivity contribution in [1.29, 1.82) is 0 Å². The van der Waals surface area contributed by atoms with E-state index in [0.717, 1.165) is 27.7 Å². The van der Waals surface area contributed by atoms with Crippen LogP contribution in [0.4, 0.5) is 0 Å². The van der Waals surface area contributed by atoms with Gasteiger partial charge in [-0.1, -0.05) is 147 Å². The van der Waals surface area contributed by atoms with Crippen molar-refractivity contribution < 1.29 is 0 Å². The molecular formula is C47H31N3S. The molecule has 7 aromatic carbocycles. The summed E-state index contributed by atoms with van der Waals surface area (Å²) in [6, 6.07) is 54.7. The number of benzene rings is 7. The topological polar surface area (TPSA) is 30.7 Å². The van der Waals surface area contributed by atoms with E-state index >= 15 is 0 Å². The summed E-state index contributed by atoms with van der Waals surface area (Å²) in [4.78, 5) is 12.2. The van der Waals surface area contributed by atoms with Gasteiger partial charge in [-0.05, 0) is 51.2 Å². The van der Waals surface area contributed by atoms with Crippen molar-refractivity contribution in [2.24, 2.45) is 0 Å². The second-order valence-electron chi connectivity index (χ2n) is 14.2. The van der Waals surface area contributed by atoms with Crippen LogP contribution in [0.25, 0.3) is 93.0 Å². The molecule has 4 heteroatoms. The van der Waals surface area contributed by atoms with E-state index in [1.807, 2.05) is 11.3 Å². The number of nitrogens with zero attached hydrogens (tertiary/aromatic N) is 3. The monoisotopic (exact) mass is 669 g/mol. The quantitative estimate of drug-likeness (QED) is 0.187. The molecule has 0 N–H and O–H groups in total. The number of para-hydroxylation sites is 1. The lowest BCUT2D eigenvalue weighted by molar-refractivity contribution is 0.674. The molecule has 11 rings (SSSR count). The lowest BCUT2D eigenvalue weighted by Gasteiger charge is -2.19. The average Bonchev–Trinajstić information content (AvgIpc) is 3.80. The van der Waals surface area contributed by atoms with E-state index in [1.165, 1.54) is 69.8 Å². The van der Waals surface area contributed by atoms with Gasteiger partial charge in [0.15, 0.2) is 0 Å². The zero-order valence-corrected chi connectivity index (χ0v) is 29.0. The second kappa shape index (κ2) is 10.5. The maximum absolute atomic E-state index is 5.45. The largest absolute Gasteiger partial charge is 0.276 e. The Balaban J connectivity index is 1.27. The molecule has 3 aromatic heterocycles. The van der Waals surface area contributed by atoms with Crippen LogP contribution in [-0.4, -0.2) is 14.5 Å². The van der Waals surface area contributed by atoms with Gasteiger partial charge in [-0.15, -0.1) is 11.3 Å². The fourth-order valence-corrected chi connectivity index (χ4v) is 9.93. The van der Waals surface area contributed by atoms with Crippen molar-refractivity contribution >= 4 is 64.9 Å². The summed E-state index contributed by atoms with van der Waals surface area (Å²) in [5.74, 6) is 0.684. The van der Waals surface area contributed by atoms with E-state index in [1.54, 1.807) is 0 Å². The molecule has 0 spiro atoms. The van der Waals surface area contributed by atoms with Crippen molar-refractivity contribution in [3.8, 4) is 39.5 Å². The lowest BCUT2D eigenvalue weighted by atomic mass is 9.87. The van der Waals surface area contributed by atoms with Gasteiger partial charge in [0.1, 0.15) is 0 Å². The van der Waals surface area contributed by atoms with Crippen LogP contribution in [0.3, 0.4) is 0 Å². The highest BCUT2D eigenvalue weighted by Crippen LogP contribution is 2.56. The van der Waals surface area contributed by atoms with Crippen LogP contribution in [0.5, 0.6) is 0 Å². The number of fused-ring (bicyclic) bond motifs is 11. The normalized spacial score (nSPS) is 13.5. The molecule has 0 amide bonds. The predicted molar refractivity (Wildman–Crippen MR) is 215 cm³/mol. The van der Waals surface area contributed by atoms with E-state index in [4.69, 9.17) is 9.97 Å². The van der Waals surface area contributed by atoms with Crippen LogP contribution in [0.2, 0.25) is 0 Å². The van der Waals surface area contributed by atoms with E-state index in [0.29, 0.717) is 5.95 Å². The SMILES string of the molecule is CC1(C)c2ccccc2-c2c1sc1c2ccc2c3ccc(-c4ccc5ccccc5c4)cc3n(-c3nc(-c4ccccc4)c4ccccc4n3)c21. The summed E-state index contributed by atoms with van der Waals surface area (Å²) in [5, 5.41) is 7.23. The molecule has 0 unspecified atom stereocenters. The smallest absolute Gasteiger partial charge is 0.235 e. The maximum atomic E-state index is 5.45. The molecule has 10 aromatic rings. The molecule has 1 aliphatic carbocycles. The van der Waals surface area contributed by atoms with Gasteiger partial charge in [-0.2, -0.15) is 0 Å². The molecule has 0 saturated heterocycles. The van der Waals surface area contributed by atoms with Crippen LogP contribution in [0, 0.1) is 0 Å². The number of hydrogen-bond donors (Lipinski definition) is 0. The zero-order valence-electron chi connectivity index (χ0n) is 28.2. The van der Waals surface area contributed by atoms with Crippen LogP contribution in [0.15, 0.2) is 152 Å². The Morgan fingerprint density at radius 1 is 0.549 bits per heavy atom. The minimum atomic E-state index is -0.0814. The van der Waals surface area contributed by atoms with Crippen molar-refractivity contribution in [3.05, 3.63) is 162 Å². The Bertz CT molecular complexity index is 3060. The number of rotatable bonds is 3. The summed E-state index contributed by atoms with van der Waals surface area (Å²) in [6.45, 7) is 4.74. The van der Waals surface area contributed by atoms with Crippen LogP contribution in [-0.2, 0) is 5.41 Å². The van der Waals surface area contributed by atoms with Gasteiger partial charge in [-0.3, -0.25) is 4.57 Å². The number of thiophene rings is 1. The van der Waals surface area contributed by atoms with Gasteiger partial charge in [0.05, 0.1) is 26.9 Å². The van der Waals surface area contributed by atoms with Gasteiger partial charge in [0.2, 0.25) is 5.95 Å². The number of aromatic nitrogens is 3. The summed E-state index contributed by atoms with van der Waals surface area (Å²) < 4.78 is 3.63. The summed E-state index contributed by atoms with van der Waals surface area (Å²) in [6.07, 6.45) is 0. The molecular weight excluding hydrogens is 639 g/mol. The van der Waals surface area contributed by atoms with E-state index in [9.17, 15) is 0 Å². The summed E-state index contributed by atoms with van der Waals surface area (Å²) in [5.41, 5.74) is 11.6. The molecule has 0 bridgehead atoms. The maximum Gasteiger partial charge on any atom is 0.235 e. The fourth-order valence-electron chi connectivity index (χ4n) is 8.46. The van der Waals surface area contributed by atoms with Crippen LogP contribution >= 0.6 is 11.3 Å².